The number of hydrogen-bond acceptors (Lipinski definition) is 5. The molecule has 1 aliphatic rings. The van der Waals surface area contributed by atoms with E-state index in [9.17, 15) is 4.79 Å². The van der Waals surface area contributed by atoms with Gasteiger partial charge in [0.05, 0.1) is 31.3 Å². The molecule has 0 unspecified atom stereocenters. The summed E-state index contributed by atoms with van der Waals surface area (Å²) in [4.78, 5) is 23.7. The Labute approximate surface area is 135 Å². The maximum Gasteiger partial charge on any atom is 0.409 e. The molecule has 0 atom stereocenters. The fourth-order valence-corrected chi connectivity index (χ4v) is 2.76. The number of hydrogen-bond donors (Lipinski definition) is 1. The average molecular weight is 318 g/mol. The third kappa shape index (κ3) is 3.56. The number of carbonyl (C=O) groups is 1. The van der Waals surface area contributed by atoms with E-state index in [4.69, 9.17) is 9.47 Å². The minimum absolute atomic E-state index is 0.219. The van der Waals surface area contributed by atoms with Crippen LogP contribution in [-0.2, 0) is 11.3 Å². The molecule has 1 amide bonds. The molecule has 3 rings (SSSR count). The molecule has 0 radical (unpaired) electrons. The molecule has 2 heterocycles. The zero-order chi connectivity index (χ0) is 16.2. The third-order valence-corrected chi connectivity index (χ3v) is 4.01. The minimum atomic E-state index is -0.219. The monoisotopic (exact) mass is 318 g/mol. The van der Waals surface area contributed by atoms with Crippen LogP contribution in [0.3, 0.4) is 0 Å². The fourth-order valence-electron chi connectivity index (χ4n) is 2.76. The zero-order valence-electron chi connectivity index (χ0n) is 13.5. The zero-order valence-corrected chi connectivity index (χ0v) is 13.5. The van der Waals surface area contributed by atoms with E-state index < -0.39 is 0 Å². The van der Waals surface area contributed by atoms with Crippen molar-refractivity contribution in [1.29, 1.82) is 0 Å². The number of ether oxygens (including phenoxy) is 2. The van der Waals surface area contributed by atoms with Gasteiger partial charge in [-0.2, -0.15) is 0 Å². The van der Waals surface area contributed by atoms with Crippen molar-refractivity contribution in [1.82, 2.24) is 19.8 Å². The van der Waals surface area contributed by atoms with Gasteiger partial charge in [-0.15, -0.1) is 0 Å². The van der Waals surface area contributed by atoms with Gasteiger partial charge in [0.25, 0.3) is 0 Å². The average Bonchev–Trinajstić information content (AvgIpc) is 2.96. The van der Waals surface area contributed by atoms with Crippen molar-refractivity contribution in [3.8, 4) is 5.75 Å². The van der Waals surface area contributed by atoms with Crippen molar-refractivity contribution >= 4 is 17.1 Å². The van der Waals surface area contributed by atoms with Gasteiger partial charge in [0.1, 0.15) is 11.6 Å². The van der Waals surface area contributed by atoms with Gasteiger partial charge in [-0.05, 0) is 19.1 Å². The van der Waals surface area contributed by atoms with Crippen LogP contribution in [0, 0.1) is 0 Å². The number of imidazole rings is 1. The van der Waals surface area contributed by atoms with Crippen LogP contribution in [0.25, 0.3) is 11.0 Å². The summed E-state index contributed by atoms with van der Waals surface area (Å²) in [6, 6.07) is 5.81. The minimum Gasteiger partial charge on any atom is -0.497 e. The number of aromatic amines is 1. The molecule has 1 saturated heterocycles. The van der Waals surface area contributed by atoms with Crippen LogP contribution in [0.15, 0.2) is 18.2 Å². The van der Waals surface area contributed by atoms with Gasteiger partial charge in [0.15, 0.2) is 0 Å². The van der Waals surface area contributed by atoms with Crippen LogP contribution in [0.4, 0.5) is 4.79 Å². The molecule has 2 aromatic rings. The van der Waals surface area contributed by atoms with E-state index in [-0.39, 0.29) is 6.09 Å². The maximum atomic E-state index is 11.7. The van der Waals surface area contributed by atoms with Crippen molar-refractivity contribution in [2.75, 3.05) is 39.9 Å². The topological polar surface area (TPSA) is 70.7 Å². The van der Waals surface area contributed by atoms with E-state index in [0.717, 1.165) is 42.2 Å². The summed E-state index contributed by atoms with van der Waals surface area (Å²) < 4.78 is 10.3. The lowest BCUT2D eigenvalue weighted by Gasteiger charge is -2.33. The van der Waals surface area contributed by atoms with Gasteiger partial charge >= 0.3 is 6.09 Å². The number of rotatable bonds is 4. The molecule has 1 aromatic heterocycles. The number of methoxy groups -OCH3 is 1. The molecule has 7 heteroatoms. The molecular weight excluding hydrogens is 296 g/mol. The first-order valence-corrected chi connectivity index (χ1v) is 7.86. The van der Waals surface area contributed by atoms with Gasteiger partial charge in [-0.1, -0.05) is 0 Å². The largest absolute Gasteiger partial charge is 0.497 e. The molecule has 23 heavy (non-hydrogen) atoms. The third-order valence-electron chi connectivity index (χ3n) is 4.01. The highest BCUT2D eigenvalue weighted by Gasteiger charge is 2.22. The SMILES string of the molecule is CCOC(=O)N1CCN(Cc2nc3ccc(OC)cc3[nH]2)CC1. The Hall–Kier alpha value is -2.28. The number of aromatic nitrogens is 2. The Bertz CT molecular complexity index is 677. The summed E-state index contributed by atoms with van der Waals surface area (Å²) in [7, 11) is 1.65. The molecular formula is C16H22N4O3. The van der Waals surface area contributed by atoms with Gasteiger partial charge in [-0.25, -0.2) is 9.78 Å². The molecule has 0 saturated carbocycles. The van der Waals surface area contributed by atoms with Gasteiger partial charge in [0.2, 0.25) is 0 Å². The second-order valence-corrected chi connectivity index (χ2v) is 5.53. The van der Waals surface area contributed by atoms with Crippen LogP contribution < -0.4 is 4.74 Å². The van der Waals surface area contributed by atoms with Crippen molar-refractivity contribution < 1.29 is 14.3 Å². The van der Waals surface area contributed by atoms with Crippen molar-refractivity contribution in [2.24, 2.45) is 0 Å². The number of piperazine rings is 1. The molecule has 0 aliphatic carbocycles. The van der Waals surface area contributed by atoms with E-state index in [1.807, 2.05) is 25.1 Å². The Morgan fingerprint density at radius 2 is 2.09 bits per heavy atom. The summed E-state index contributed by atoms with van der Waals surface area (Å²) in [5.74, 6) is 1.74. The molecule has 1 aromatic carbocycles. The van der Waals surface area contributed by atoms with E-state index in [2.05, 4.69) is 14.9 Å². The number of benzene rings is 1. The Kier molecular flexibility index (Phi) is 4.66. The summed E-state index contributed by atoms with van der Waals surface area (Å²) >= 11 is 0. The molecule has 0 bridgehead atoms. The number of fused-ring (bicyclic) bond motifs is 1. The van der Waals surface area contributed by atoms with E-state index in [1.165, 1.54) is 0 Å². The van der Waals surface area contributed by atoms with Gasteiger partial charge in [0, 0.05) is 32.2 Å². The second-order valence-electron chi connectivity index (χ2n) is 5.53. The number of amides is 1. The lowest BCUT2D eigenvalue weighted by Crippen LogP contribution is -2.48. The highest BCUT2D eigenvalue weighted by molar-refractivity contribution is 5.76. The smallest absolute Gasteiger partial charge is 0.409 e. The van der Waals surface area contributed by atoms with Crippen LogP contribution in [-0.4, -0.2) is 65.8 Å². The van der Waals surface area contributed by atoms with Crippen molar-refractivity contribution in [3.05, 3.63) is 24.0 Å². The molecule has 1 aliphatic heterocycles. The van der Waals surface area contributed by atoms with Crippen molar-refractivity contribution in [3.63, 3.8) is 0 Å². The van der Waals surface area contributed by atoms with Crippen LogP contribution in [0.1, 0.15) is 12.7 Å². The molecule has 124 valence electrons. The van der Waals surface area contributed by atoms with Crippen LogP contribution >= 0.6 is 0 Å². The van der Waals surface area contributed by atoms with Gasteiger partial charge in [-0.3, -0.25) is 4.90 Å². The lowest BCUT2D eigenvalue weighted by atomic mass is 10.3. The first-order valence-electron chi connectivity index (χ1n) is 7.86. The first-order chi connectivity index (χ1) is 11.2. The number of H-pyrrole nitrogens is 1. The lowest BCUT2D eigenvalue weighted by molar-refractivity contribution is 0.0773. The van der Waals surface area contributed by atoms with Crippen molar-refractivity contribution in [2.45, 2.75) is 13.5 Å². The van der Waals surface area contributed by atoms with E-state index >= 15 is 0 Å². The normalized spacial score (nSPS) is 15.8. The molecule has 1 N–H and O–H groups in total. The number of nitrogens with zero attached hydrogens (tertiary/aromatic N) is 3. The molecule has 7 nitrogen and oxygen atoms in total. The van der Waals surface area contributed by atoms with E-state index in [1.54, 1.807) is 12.0 Å². The first kappa shape index (κ1) is 15.6. The summed E-state index contributed by atoms with van der Waals surface area (Å²) in [6.07, 6.45) is -0.219. The summed E-state index contributed by atoms with van der Waals surface area (Å²) in [6.45, 7) is 6.00. The Morgan fingerprint density at radius 3 is 2.78 bits per heavy atom. The quantitative estimate of drug-likeness (QED) is 0.931. The predicted octanol–water partition coefficient (Wildman–Crippen LogP) is 1.85. The maximum absolute atomic E-state index is 11.7. The van der Waals surface area contributed by atoms with E-state index in [0.29, 0.717) is 19.7 Å². The van der Waals surface area contributed by atoms with Crippen LogP contribution in [0.2, 0.25) is 0 Å². The standard InChI is InChI=1S/C16H22N4O3/c1-3-23-16(21)20-8-6-19(7-9-20)11-15-17-13-5-4-12(22-2)10-14(13)18-15/h4-5,10H,3,6-9,11H2,1-2H3,(H,17,18). The highest BCUT2D eigenvalue weighted by atomic mass is 16.6. The summed E-state index contributed by atoms with van der Waals surface area (Å²) in [5, 5.41) is 0. The van der Waals surface area contributed by atoms with Crippen LogP contribution in [0.5, 0.6) is 5.75 Å². The van der Waals surface area contributed by atoms with Gasteiger partial charge < -0.3 is 19.4 Å². The number of carbonyl (C=O) groups excluding carboxylic acids is 1. The Balaban J connectivity index is 1.59. The summed E-state index contributed by atoms with van der Waals surface area (Å²) in [5.41, 5.74) is 1.91. The second kappa shape index (κ2) is 6.87. The Morgan fingerprint density at radius 1 is 1.30 bits per heavy atom. The molecule has 1 fully saturated rings. The molecule has 0 spiro atoms. The number of nitrogens with one attached hydrogen (secondary N) is 1. The predicted molar refractivity (Wildman–Crippen MR) is 86.5 cm³/mol. The fraction of sp³-hybridized carbons (Fsp3) is 0.500. The highest BCUT2D eigenvalue weighted by Crippen LogP contribution is 2.19.